The summed E-state index contributed by atoms with van der Waals surface area (Å²) in [6.45, 7) is 1.84. The first-order chi connectivity index (χ1) is 7.08. The summed E-state index contributed by atoms with van der Waals surface area (Å²) in [6, 6.07) is 5.70. The lowest BCUT2D eigenvalue weighted by Gasteiger charge is -2.06. The third kappa shape index (κ3) is 2.80. The van der Waals surface area contributed by atoms with Crippen LogP contribution in [0.4, 0.5) is 0 Å². The van der Waals surface area contributed by atoms with E-state index in [0.29, 0.717) is 11.1 Å². The largest absolute Gasteiger partial charge is 0.469 e. The number of carbonyl (C=O) groups is 1. The number of hydrogen-bond acceptors (Lipinski definition) is 3. The van der Waals surface area contributed by atoms with Crippen LogP contribution in [0.15, 0.2) is 16.6 Å². The number of rotatable bonds is 2. The minimum Gasteiger partial charge on any atom is -0.469 e. The normalized spacial score (nSPS) is 9.47. The topological polar surface area (TPSA) is 50.1 Å². The molecule has 0 radical (unpaired) electrons. The fourth-order valence-electron chi connectivity index (χ4n) is 1.34. The van der Waals surface area contributed by atoms with Crippen LogP contribution in [0.25, 0.3) is 0 Å². The highest BCUT2D eigenvalue weighted by atomic mass is 79.9. The van der Waals surface area contributed by atoms with Crippen LogP contribution >= 0.6 is 15.9 Å². The summed E-state index contributed by atoms with van der Waals surface area (Å²) >= 11 is 3.33. The van der Waals surface area contributed by atoms with Gasteiger partial charge in [-0.05, 0) is 30.2 Å². The zero-order valence-electron chi connectivity index (χ0n) is 8.50. The SMILES string of the molecule is COC(=O)Cc1cc(Br)cc(C)c1C#N. The zero-order valence-corrected chi connectivity index (χ0v) is 10.1. The van der Waals surface area contributed by atoms with Crippen LogP contribution in [0.1, 0.15) is 16.7 Å². The molecule has 3 nitrogen and oxygen atoms in total. The van der Waals surface area contributed by atoms with E-state index in [1.807, 2.05) is 13.0 Å². The highest BCUT2D eigenvalue weighted by molar-refractivity contribution is 9.10. The first-order valence-electron chi connectivity index (χ1n) is 4.34. The van der Waals surface area contributed by atoms with Gasteiger partial charge in [0.2, 0.25) is 0 Å². The van der Waals surface area contributed by atoms with Gasteiger partial charge in [0.1, 0.15) is 0 Å². The Labute approximate surface area is 96.8 Å². The highest BCUT2D eigenvalue weighted by Gasteiger charge is 2.11. The van der Waals surface area contributed by atoms with E-state index >= 15 is 0 Å². The van der Waals surface area contributed by atoms with Gasteiger partial charge in [-0.3, -0.25) is 4.79 Å². The molecule has 0 saturated heterocycles. The second kappa shape index (κ2) is 4.94. The van der Waals surface area contributed by atoms with E-state index in [9.17, 15) is 4.79 Å². The second-order valence-corrected chi connectivity index (χ2v) is 4.04. The molecule has 0 fully saturated rings. The van der Waals surface area contributed by atoms with Crippen molar-refractivity contribution in [3.63, 3.8) is 0 Å². The maximum Gasteiger partial charge on any atom is 0.310 e. The van der Waals surface area contributed by atoms with Gasteiger partial charge in [-0.15, -0.1) is 0 Å². The lowest BCUT2D eigenvalue weighted by Crippen LogP contribution is -2.06. The first-order valence-corrected chi connectivity index (χ1v) is 5.13. The maximum atomic E-state index is 11.1. The quantitative estimate of drug-likeness (QED) is 0.773. The molecule has 4 heteroatoms. The number of aryl methyl sites for hydroxylation is 1. The molecule has 78 valence electrons. The molecular formula is C11H10BrNO2. The maximum absolute atomic E-state index is 11.1. The molecule has 15 heavy (non-hydrogen) atoms. The Morgan fingerprint density at radius 2 is 2.27 bits per heavy atom. The van der Waals surface area contributed by atoms with Gasteiger partial charge in [0.15, 0.2) is 0 Å². The van der Waals surface area contributed by atoms with Crippen molar-refractivity contribution >= 4 is 21.9 Å². The second-order valence-electron chi connectivity index (χ2n) is 3.12. The van der Waals surface area contributed by atoms with Crippen LogP contribution in [0.2, 0.25) is 0 Å². The summed E-state index contributed by atoms with van der Waals surface area (Å²) < 4.78 is 5.43. The van der Waals surface area contributed by atoms with Crippen molar-refractivity contribution < 1.29 is 9.53 Å². The monoisotopic (exact) mass is 267 g/mol. The number of nitriles is 1. The molecular weight excluding hydrogens is 258 g/mol. The molecule has 0 bridgehead atoms. The summed E-state index contributed by atoms with van der Waals surface area (Å²) in [5, 5.41) is 8.96. The molecule has 0 atom stereocenters. The molecule has 0 aromatic heterocycles. The van der Waals surface area contributed by atoms with Gasteiger partial charge in [-0.2, -0.15) is 5.26 Å². The van der Waals surface area contributed by atoms with Gasteiger partial charge >= 0.3 is 5.97 Å². The Bertz CT molecular complexity index is 435. The predicted molar refractivity (Wildman–Crippen MR) is 59.3 cm³/mol. The van der Waals surface area contributed by atoms with Crippen molar-refractivity contribution in [2.45, 2.75) is 13.3 Å². The van der Waals surface area contributed by atoms with Gasteiger partial charge in [0.05, 0.1) is 25.2 Å². The van der Waals surface area contributed by atoms with Crippen molar-refractivity contribution in [1.29, 1.82) is 5.26 Å². The number of halogens is 1. The Balaban J connectivity index is 3.16. The Morgan fingerprint density at radius 3 is 2.80 bits per heavy atom. The van der Waals surface area contributed by atoms with Crippen LogP contribution in [0.3, 0.4) is 0 Å². The number of benzene rings is 1. The number of hydrogen-bond donors (Lipinski definition) is 0. The lowest BCUT2D eigenvalue weighted by molar-refractivity contribution is -0.139. The van der Waals surface area contributed by atoms with E-state index in [4.69, 9.17) is 5.26 Å². The molecule has 0 aliphatic heterocycles. The Kier molecular flexibility index (Phi) is 3.87. The number of esters is 1. The zero-order chi connectivity index (χ0) is 11.4. The van der Waals surface area contributed by atoms with E-state index in [2.05, 4.69) is 26.7 Å². The van der Waals surface area contributed by atoms with Crippen molar-refractivity contribution in [2.24, 2.45) is 0 Å². The van der Waals surface area contributed by atoms with E-state index in [1.165, 1.54) is 7.11 Å². The minimum absolute atomic E-state index is 0.125. The first kappa shape index (κ1) is 11.7. The van der Waals surface area contributed by atoms with Crippen LogP contribution < -0.4 is 0 Å². The fourth-order valence-corrected chi connectivity index (χ4v) is 1.96. The molecule has 0 heterocycles. The Hall–Kier alpha value is -1.34. The van der Waals surface area contributed by atoms with Gasteiger partial charge in [-0.25, -0.2) is 0 Å². The molecule has 0 unspecified atom stereocenters. The third-order valence-electron chi connectivity index (χ3n) is 2.06. The molecule has 0 aliphatic carbocycles. The molecule has 0 N–H and O–H groups in total. The molecule has 0 spiro atoms. The van der Waals surface area contributed by atoms with Crippen molar-refractivity contribution in [3.05, 3.63) is 33.3 Å². The van der Waals surface area contributed by atoms with E-state index in [-0.39, 0.29) is 12.4 Å². The van der Waals surface area contributed by atoms with Gasteiger partial charge < -0.3 is 4.74 Å². The van der Waals surface area contributed by atoms with Gasteiger partial charge in [0.25, 0.3) is 0 Å². The highest BCUT2D eigenvalue weighted by Crippen LogP contribution is 2.21. The third-order valence-corrected chi connectivity index (χ3v) is 2.51. The lowest BCUT2D eigenvalue weighted by atomic mass is 10.0. The fraction of sp³-hybridized carbons (Fsp3) is 0.273. The number of carbonyl (C=O) groups excluding carboxylic acids is 1. The standard InChI is InChI=1S/C11H10BrNO2/c1-7-3-9(12)4-8(10(7)6-13)5-11(14)15-2/h3-4H,5H2,1-2H3. The van der Waals surface area contributed by atoms with Crippen LogP contribution in [0.5, 0.6) is 0 Å². The summed E-state index contributed by atoms with van der Waals surface area (Å²) in [4.78, 5) is 11.1. The smallest absolute Gasteiger partial charge is 0.310 e. The van der Waals surface area contributed by atoms with Crippen LogP contribution in [-0.2, 0) is 16.0 Å². The number of nitrogens with zero attached hydrogens (tertiary/aromatic N) is 1. The van der Waals surface area contributed by atoms with E-state index in [0.717, 1.165) is 10.0 Å². The van der Waals surface area contributed by atoms with Crippen molar-refractivity contribution in [1.82, 2.24) is 0 Å². The molecule has 1 aromatic rings. The summed E-state index contributed by atoms with van der Waals surface area (Å²) in [6.07, 6.45) is 0.125. The van der Waals surface area contributed by atoms with Crippen molar-refractivity contribution in [2.75, 3.05) is 7.11 Å². The summed E-state index contributed by atoms with van der Waals surface area (Å²) in [5.41, 5.74) is 2.09. The number of ether oxygens (including phenoxy) is 1. The summed E-state index contributed by atoms with van der Waals surface area (Å²) in [7, 11) is 1.33. The molecule has 0 aliphatic rings. The molecule has 0 saturated carbocycles. The average Bonchev–Trinajstić information content (AvgIpc) is 2.17. The minimum atomic E-state index is -0.344. The number of methoxy groups -OCH3 is 1. The van der Waals surface area contributed by atoms with Crippen molar-refractivity contribution in [3.8, 4) is 6.07 Å². The van der Waals surface area contributed by atoms with Crippen LogP contribution in [-0.4, -0.2) is 13.1 Å². The van der Waals surface area contributed by atoms with Gasteiger partial charge in [0, 0.05) is 4.47 Å². The van der Waals surface area contributed by atoms with Gasteiger partial charge in [-0.1, -0.05) is 15.9 Å². The molecule has 1 aromatic carbocycles. The molecule has 1 rings (SSSR count). The Morgan fingerprint density at radius 1 is 1.60 bits per heavy atom. The van der Waals surface area contributed by atoms with E-state index < -0.39 is 0 Å². The summed E-state index contributed by atoms with van der Waals surface area (Å²) in [5.74, 6) is -0.344. The van der Waals surface area contributed by atoms with E-state index in [1.54, 1.807) is 6.07 Å². The average molecular weight is 268 g/mol. The molecule has 0 amide bonds. The predicted octanol–water partition coefficient (Wildman–Crippen LogP) is 2.34. The van der Waals surface area contributed by atoms with Crippen LogP contribution in [0, 0.1) is 18.3 Å².